The number of rotatable bonds is 7. The summed E-state index contributed by atoms with van der Waals surface area (Å²) in [5.74, 6) is 0.643. The molecule has 7 nitrogen and oxygen atoms in total. The van der Waals surface area contributed by atoms with Crippen LogP contribution in [-0.2, 0) is 16.4 Å². The molecular formula is C27H31N3O4S. The van der Waals surface area contributed by atoms with Crippen LogP contribution >= 0.6 is 0 Å². The lowest BCUT2D eigenvalue weighted by Crippen LogP contribution is -2.49. The van der Waals surface area contributed by atoms with E-state index in [4.69, 9.17) is 4.74 Å². The molecule has 0 spiro atoms. The first-order valence-electron chi connectivity index (χ1n) is 11.7. The molecule has 0 aromatic heterocycles. The number of carbonyl (C=O) groups excluding carboxylic acids is 1. The standard InChI is InChI=1S/C27H31N3O4S/c1-4-21-10-12-22(13-11-21)28-35(32,33)23-14-9-20(2)24(19-23)27(31)30-17-15-29(16-18-30)25-7-5-6-8-26(25)34-3/h5-14,19,28H,4,15-18H2,1-3H3. The van der Waals surface area contributed by atoms with Crippen LogP contribution in [0.5, 0.6) is 5.75 Å². The first-order valence-corrected chi connectivity index (χ1v) is 13.2. The summed E-state index contributed by atoms with van der Waals surface area (Å²) in [5.41, 5.74) is 3.77. The predicted octanol–water partition coefficient (Wildman–Crippen LogP) is 4.33. The van der Waals surface area contributed by atoms with Gasteiger partial charge in [0, 0.05) is 37.4 Å². The Labute approximate surface area is 207 Å². The van der Waals surface area contributed by atoms with Crippen molar-refractivity contribution in [3.05, 3.63) is 83.4 Å². The molecule has 0 aliphatic carbocycles. The number of carbonyl (C=O) groups is 1. The Balaban J connectivity index is 1.49. The zero-order chi connectivity index (χ0) is 25.0. The van der Waals surface area contributed by atoms with E-state index in [0.29, 0.717) is 37.4 Å². The van der Waals surface area contributed by atoms with Crippen LogP contribution in [0.1, 0.15) is 28.4 Å². The number of methoxy groups -OCH3 is 1. The van der Waals surface area contributed by atoms with E-state index in [1.54, 1.807) is 30.2 Å². The minimum absolute atomic E-state index is 0.0682. The van der Waals surface area contributed by atoms with Crippen LogP contribution in [0.3, 0.4) is 0 Å². The van der Waals surface area contributed by atoms with Crippen molar-refractivity contribution in [2.24, 2.45) is 0 Å². The Hall–Kier alpha value is -3.52. The summed E-state index contributed by atoms with van der Waals surface area (Å²) in [6, 6.07) is 19.8. The fourth-order valence-corrected chi connectivity index (χ4v) is 5.32. The highest BCUT2D eigenvalue weighted by atomic mass is 32.2. The van der Waals surface area contributed by atoms with Gasteiger partial charge in [0.1, 0.15) is 5.75 Å². The van der Waals surface area contributed by atoms with Crippen LogP contribution < -0.4 is 14.4 Å². The lowest BCUT2D eigenvalue weighted by molar-refractivity contribution is 0.0745. The molecule has 1 heterocycles. The number of benzene rings is 3. The number of hydrogen-bond acceptors (Lipinski definition) is 5. The van der Waals surface area contributed by atoms with Gasteiger partial charge in [0.2, 0.25) is 0 Å². The molecule has 8 heteroatoms. The third-order valence-corrected chi connectivity index (χ3v) is 7.74. The van der Waals surface area contributed by atoms with Crippen molar-refractivity contribution in [3.8, 4) is 5.75 Å². The third kappa shape index (κ3) is 5.43. The molecule has 1 fully saturated rings. The molecule has 1 aliphatic rings. The number of para-hydroxylation sites is 2. The first-order chi connectivity index (χ1) is 16.8. The van der Waals surface area contributed by atoms with Crippen molar-refractivity contribution in [2.75, 3.05) is 42.9 Å². The zero-order valence-electron chi connectivity index (χ0n) is 20.3. The molecule has 35 heavy (non-hydrogen) atoms. The molecular weight excluding hydrogens is 462 g/mol. The molecule has 1 N–H and O–H groups in total. The van der Waals surface area contributed by atoms with Gasteiger partial charge in [0.05, 0.1) is 17.7 Å². The van der Waals surface area contributed by atoms with Crippen molar-refractivity contribution in [3.63, 3.8) is 0 Å². The molecule has 0 bridgehead atoms. The maximum absolute atomic E-state index is 13.4. The molecule has 1 aliphatic heterocycles. The third-order valence-electron chi connectivity index (χ3n) is 6.36. The van der Waals surface area contributed by atoms with Gasteiger partial charge in [-0.05, 0) is 60.9 Å². The topological polar surface area (TPSA) is 79.0 Å². The quantitative estimate of drug-likeness (QED) is 0.530. The normalized spacial score (nSPS) is 14.0. The number of ether oxygens (including phenoxy) is 1. The highest BCUT2D eigenvalue weighted by molar-refractivity contribution is 7.92. The van der Waals surface area contributed by atoms with Crippen molar-refractivity contribution in [2.45, 2.75) is 25.2 Å². The van der Waals surface area contributed by atoms with Crippen LogP contribution in [0.25, 0.3) is 0 Å². The number of nitrogens with one attached hydrogen (secondary N) is 1. The fourth-order valence-electron chi connectivity index (χ4n) is 4.23. The largest absolute Gasteiger partial charge is 0.495 e. The number of sulfonamides is 1. The lowest BCUT2D eigenvalue weighted by atomic mass is 10.1. The molecule has 3 aromatic rings. The molecule has 0 atom stereocenters. The van der Waals surface area contributed by atoms with Gasteiger partial charge in [-0.25, -0.2) is 8.42 Å². The highest BCUT2D eigenvalue weighted by Gasteiger charge is 2.26. The van der Waals surface area contributed by atoms with Gasteiger partial charge >= 0.3 is 0 Å². The number of aryl methyl sites for hydroxylation is 2. The van der Waals surface area contributed by atoms with E-state index >= 15 is 0 Å². The van der Waals surface area contributed by atoms with Crippen molar-refractivity contribution >= 4 is 27.3 Å². The van der Waals surface area contributed by atoms with E-state index in [9.17, 15) is 13.2 Å². The second-order valence-corrected chi connectivity index (χ2v) is 10.3. The van der Waals surface area contributed by atoms with Gasteiger partial charge < -0.3 is 14.5 Å². The SMILES string of the molecule is CCc1ccc(NS(=O)(=O)c2ccc(C)c(C(=O)N3CCN(c4ccccc4OC)CC3)c2)cc1. The first kappa shape index (κ1) is 24.6. The van der Waals surface area contributed by atoms with E-state index in [-0.39, 0.29) is 10.8 Å². The van der Waals surface area contributed by atoms with E-state index in [0.717, 1.165) is 29.0 Å². The van der Waals surface area contributed by atoms with Crippen LogP contribution in [0, 0.1) is 6.92 Å². The second-order valence-electron chi connectivity index (χ2n) is 8.58. The number of nitrogens with zero attached hydrogens (tertiary/aromatic N) is 2. The van der Waals surface area contributed by atoms with Gasteiger partial charge in [0.25, 0.3) is 15.9 Å². The number of anilines is 2. The maximum Gasteiger partial charge on any atom is 0.261 e. The zero-order valence-corrected chi connectivity index (χ0v) is 21.1. The molecule has 3 aromatic carbocycles. The van der Waals surface area contributed by atoms with Gasteiger partial charge in [0.15, 0.2) is 0 Å². The van der Waals surface area contributed by atoms with E-state index < -0.39 is 10.0 Å². The predicted molar refractivity (Wildman–Crippen MR) is 139 cm³/mol. The molecule has 0 radical (unpaired) electrons. The molecule has 0 saturated carbocycles. The number of hydrogen-bond donors (Lipinski definition) is 1. The smallest absolute Gasteiger partial charge is 0.261 e. The van der Waals surface area contributed by atoms with Crippen LogP contribution in [0.2, 0.25) is 0 Å². The van der Waals surface area contributed by atoms with Crippen molar-refractivity contribution < 1.29 is 17.9 Å². The van der Waals surface area contributed by atoms with Crippen LogP contribution in [0.4, 0.5) is 11.4 Å². The summed E-state index contributed by atoms with van der Waals surface area (Å²) in [6.45, 7) is 6.27. The lowest BCUT2D eigenvalue weighted by Gasteiger charge is -2.36. The number of amides is 1. The summed E-state index contributed by atoms with van der Waals surface area (Å²) < 4.78 is 34.1. The average Bonchev–Trinajstić information content (AvgIpc) is 2.88. The number of piperazine rings is 1. The molecule has 4 rings (SSSR count). The Bertz CT molecular complexity index is 1300. The average molecular weight is 494 g/mol. The van der Waals surface area contributed by atoms with Gasteiger partial charge in [-0.2, -0.15) is 0 Å². The summed E-state index contributed by atoms with van der Waals surface area (Å²) in [6.07, 6.45) is 0.879. The maximum atomic E-state index is 13.4. The van der Waals surface area contributed by atoms with Gasteiger partial charge in [-0.1, -0.05) is 37.3 Å². The molecule has 0 unspecified atom stereocenters. The Morgan fingerprint density at radius 2 is 1.66 bits per heavy atom. The fraction of sp³-hybridized carbons (Fsp3) is 0.296. The minimum atomic E-state index is -3.83. The summed E-state index contributed by atoms with van der Waals surface area (Å²) in [7, 11) is -2.18. The van der Waals surface area contributed by atoms with E-state index in [1.807, 2.05) is 50.2 Å². The summed E-state index contributed by atoms with van der Waals surface area (Å²) in [5, 5.41) is 0. The highest BCUT2D eigenvalue weighted by Crippen LogP contribution is 2.29. The van der Waals surface area contributed by atoms with Gasteiger partial charge in [-0.3, -0.25) is 9.52 Å². The summed E-state index contributed by atoms with van der Waals surface area (Å²) >= 11 is 0. The van der Waals surface area contributed by atoms with Gasteiger partial charge in [-0.15, -0.1) is 0 Å². The van der Waals surface area contributed by atoms with E-state index in [2.05, 4.69) is 9.62 Å². The Morgan fingerprint density at radius 3 is 2.31 bits per heavy atom. The molecule has 184 valence electrons. The van der Waals surface area contributed by atoms with Crippen molar-refractivity contribution in [1.29, 1.82) is 0 Å². The molecule has 1 amide bonds. The summed E-state index contributed by atoms with van der Waals surface area (Å²) in [4.78, 5) is 17.4. The second kappa shape index (κ2) is 10.4. The monoisotopic (exact) mass is 493 g/mol. The van der Waals surface area contributed by atoms with Crippen molar-refractivity contribution in [1.82, 2.24) is 4.90 Å². The van der Waals surface area contributed by atoms with Crippen LogP contribution in [-0.4, -0.2) is 52.5 Å². The Kier molecular flexibility index (Phi) is 7.31. The minimum Gasteiger partial charge on any atom is -0.495 e. The Morgan fingerprint density at radius 1 is 0.971 bits per heavy atom. The molecule has 1 saturated heterocycles. The van der Waals surface area contributed by atoms with E-state index in [1.165, 1.54) is 12.1 Å². The van der Waals surface area contributed by atoms with Crippen LogP contribution in [0.15, 0.2) is 71.6 Å².